The van der Waals surface area contributed by atoms with E-state index in [0.717, 1.165) is 22.3 Å². The first-order valence-electron chi connectivity index (χ1n) is 16.8. The number of carbonyl (C=O) groups excluding carboxylic acids is 2. The Morgan fingerprint density at radius 1 is 0.792 bits per heavy atom. The molecule has 1 aliphatic heterocycles. The molecule has 1 unspecified atom stereocenters. The second-order valence-electron chi connectivity index (χ2n) is 12.2. The summed E-state index contributed by atoms with van der Waals surface area (Å²) in [7, 11) is 1.52. The number of ketones is 1. The molecule has 11 heteroatoms. The number of amides is 1. The van der Waals surface area contributed by atoms with Crippen LogP contribution in [0.5, 0.6) is 17.2 Å². The van der Waals surface area contributed by atoms with Crippen LogP contribution in [0.15, 0.2) is 137 Å². The molecule has 2 heterocycles. The van der Waals surface area contributed by atoms with Crippen LogP contribution in [0.25, 0.3) is 5.76 Å². The van der Waals surface area contributed by atoms with Gasteiger partial charge in [-0.05, 0) is 71.1 Å². The van der Waals surface area contributed by atoms with E-state index >= 15 is 0 Å². The lowest BCUT2D eigenvalue weighted by Gasteiger charge is -2.23. The molecule has 0 spiro atoms. The lowest BCUT2D eigenvalue weighted by molar-refractivity contribution is -0.132. The molecule has 1 fully saturated rings. The number of hydrogen-bond acceptors (Lipinski definition) is 10. The third-order valence-corrected chi connectivity index (χ3v) is 10.9. The van der Waals surface area contributed by atoms with Gasteiger partial charge >= 0.3 is 5.91 Å². The van der Waals surface area contributed by atoms with Crippen LogP contribution in [0.1, 0.15) is 39.4 Å². The highest BCUT2D eigenvalue weighted by molar-refractivity contribution is 8.00. The predicted molar refractivity (Wildman–Crippen MR) is 206 cm³/mol. The van der Waals surface area contributed by atoms with E-state index in [0.29, 0.717) is 51.7 Å². The molecule has 1 aromatic heterocycles. The summed E-state index contributed by atoms with van der Waals surface area (Å²) in [4.78, 5) is 29.1. The van der Waals surface area contributed by atoms with Crippen LogP contribution in [0.2, 0.25) is 0 Å². The van der Waals surface area contributed by atoms with Gasteiger partial charge in [-0.15, -0.1) is 10.2 Å². The fraction of sp³-hybridized carbons (Fsp3) is 0.143. The van der Waals surface area contributed by atoms with E-state index in [-0.39, 0.29) is 16.5 Å². The second-order valence-corrected chi connectivity index (χ2v) is 14.4. The quantitative estimate of drug-likeness (QED) is 0.0408. The van der Waals surface area contributed by atoms with Crippen molar-refractivity contribution in [3.8, 4) is 17.2 Å². The Hall–Kier alpha value is -5.91. The van der Waals surface area contributed by atoms with Crippen LogP contribution in [0.3, 0.4) is 0 Å². The molecule has 5 aromatic carbocycles. The van der Waals surface area contributed by atoms with Gasteiger partial charge in [-0.1, -0.05) is 114 Å². The van der Waals surface area contributed by atoms with Gasteiger partial charge < -0.3 is 19.3 Å². The number of carbonyl (C=O) groups is 2. The van der Waals surface area contributed by atoms with Crippen molar-refractivity contribution in [1.29, 1.82) is 0 Å². The summed E-state index contributed by atoms with van der Waals surface area (Å²) in [6.07, 6.45) is 0. The third-order valence-electron chi connectivity index (χ3n) is 8.78. The molecule has 0 bridgehead atoms. The molecule has 0 radical (unpaired) electrons. The zero-order valence-corrected chi connectivity index (χ0v) is 30.6. The summed E-state index contributed by atoms with van der Waals surface area (Å²) in [6, 6.07) is 38.6. The van der Waals surface area contributed by atoms with Crippen molar-refractivity contribution in [1.82, 2.24) is 10.2 Å². The number of thioether (sulfide) groups is 1. The number of aryl methyl sites for hydroxylation is 1. The minimum absolute atomic E-state index is 0.0859. The zero-order valence-electron chi connectivity index (χ0n) is 29.0. The van der Waals surface area contributed by atoms with Crippen molar-refractivity contribution in [2.75, 3.05) is 12.0 Å². The van der Waals surface area contributed by atoms with Crippen molar-refractivity contribution < 1.29 is 28.9 Å². The van der Waals surface area contributed by atoms with Crippen molar-refractivity contribution in [3.63, 3.8) is 0 Å². The average molecular weight is 742 g/mol. The Kier molecular flexibility index (Phi) is 10.8. The van der Waals surface area contributed by atoms with E-state index in [1.165, 1.54) is 35.1 Å². The number of nitrogens with zero attached hydrogens (tertiary/aromatic N) is 3. The number of benzene rings is 5. The van der Waals surface area contributed by atoms with Gasteiger partial charge in [0.05, 0.1) is 18.7 Å². The van der Waals surface area contributed by atoms with Gasteiger partial charge in [0.2, 0.25) is 5.13 Å². The number of Topliss-reactive ketones (excluding diaryl/α,β-unsaturated/α-hetero) is 1. The number of anilines is 1. The van der Waals surface area contributed by atoms with Crippen LogP contribution < -0.4 is 19.1 Å². The summed E-state index contributed by atoms with van der Waals surface area (Å²) >= 11 is 2.69. The molecule has 0 aliphatic carbocycles. The number of hydrogen-bond donors (Lipinski definition) is 1. The average Bonchev–Trinajstić information content (AvgIpc) is 3.77. The molecule has 6 aromatic rings. The number of rotatable bonds is 13. The van der Waals surface area contributed by atoms with Gasteiger partial charge in [-0.3, -0.25) is 14.5 Å². The van der Waals surface area contributed by atoms with Crippen LogP contribution in [-0.4, -0.2) is 34.1 Å². The molecule has 0 saturated carbocycles. The largest absolute Gasteiger partial charge is 0.507 e. The van der Waals surface area contributed by atoms with Crippen molar-refractivity contribution >= 4 is 45.7 Å². The molecule has 1 amide bonds. The summed E-state index contributed by atoms with van der Waals surface area (Å²) in [6.45, 7) is 2.72. The van der Waals surface area contributed by atoms with E-state index in [1.807, 2.05) is 91.9 Å². The summed E-state index contributed by atoms with van der Waals surface area (Å²) in [5, 5.41) is 20.7. The molecular weight excluding hydrogens is 707 g/mol. The SMILES string of the molecule is COc1cc(C2/C(=C(\O)c3ccc(OCc4ccccc4C)cc3)C(=O)C(=O)N2c2nnc(SCc3ccccc3)s2)ccc1OCc1ccccc1. The number of aromatic nitrogens is 2. The van der Waals surface area contributed by atoms with Crippen LogP contribution in [-0.2, 0) is 28.6 Å². The Bertz CT molecular complexity index is 2260. The molecule has 1 saturated heterocycles. The molecular formula is C42H35N3O6S2. The maximum atomic E-state index is 13.9. The van der Waals surface area contributed by atoms with E-state index < -0.39 is 17.7 Å². The van der Waals surface area contributed by atoms with E-state index in [4.69, 9.17) is 14.2 Å². The van der Waals surface area contributed by atoms with Gasteiger partial charge in [-0.25, -0.2) is 0 Å². The molecule has 1 N–H and O–H groups in total. The lowest BCUT2D eigenvalue weighted by atomic mass is 9.95. The summed E-state index contributed by atoms with van der Waals surface area (Å²) in [5.74, 6) is 0.131. The lowest BCUT2D eigenvalue weighted by Crippen LogP contribution is -2.29. The monoisotopic (exact) mass is 741 g/mol. The maximum absolute atomic E-state index is 13.9. The van der Waals surface area contributed by atoms with Gasteiger partial charge in [0.15, 0.2) is 15.8 Å². The molecule has 1 aliphatic rings. The first-order chi connectivity index (χ1) is 25.9. The van der Waals surface area contributed by atoms with Crippen LogP contribution >= 0.6 is 23.1 Å². The number of ether oxygens (including phenoxy) is 3. The fourth-order valence-corrected chi connectivity index (χ4v) is 7.75. The van der Waals surface area contributed by atoms with Gasteiger partial charge in [0, 0.05) is 11.3 Å². The Balaban J connectivity index is 1.22. The number of aliphatic hydroxyl groups is 1. The minimum atomic E-state index is -1.04. The van der Waals surface area contributed by atoms with Crippen LogP contribution in [0, 0.1) is 6.92 Å². The molecule has 1 atom stereocenters. The highest BCUT2D eigenvalue weighted by Crippen LogP contribution is 2.46. The van der Waals surface area contributed by atoms with Crippen molar-refractivity contribution in [3.05, 3.63) is 166 Å². The normalized spacial score (nSPS) is 15.1. The van der Waals surface area contributed by atoms with Gasteiger partial charge in [0.25, 0.3) is 5.78 Å². The highest BCUT2D eigenvalue weighted by atomic mass is 32.2. The molecule has 53 heavy (non-hydrogen) atoms. The van der Waals surface area contributed by atoms with Gasteiger partial charge in [0.1, 0.15) is 24.7 Å². The topological polar surface area (TPSA) is 111 Å². The van der Waals surface area contributed by atoms with Crippen LogP contribution in [0.4, 0.5) is 5.13 Å². The zero-order chi connectivity index (χ0) is 36.7. The Labute approximate surface area is 315 Å². The smallest absolute Gasteiger partial charge is 0.301 e. The molecule has 9 nitrogen and oxygen atoms in total. The minimum Gasteiger partial charge on any atom is -0.507 e. The first-order valence-corrected chi connectivity index (χ1v) is 18.6. The van der Waals surface area contributed by atoms with E-state index in [9.17, 15) is 14.7 Å². The Morgan fingerprint density at radius 2 is 1.49 bits per heavy atom. The van der Waals surface area contributed by atoms with E-state index in [2.05, 4.69) is 10.2 Å². The summed E-state index contributed by atoms with van der Waals surface area (Å²) in [5.41, 5.74) is 5.06. The Morgan fingerprint density at radius 3 is 2.21 bits per heavy atom. The first kappa shape index (κ1) is 35.5. The predicted octanol–water partition coefficient (Wildman–Crippen LogP) is 8.93. The van der Waals surface area contributed by atoms with Gasteiger partial charge in [-0.2, -0.15) is 0 Å². The molecule has 266 valence electrons. The third kappa shape index (κ3) is 7.96. The molecule has 7 rings (SSSR count). The maximum Gasteiger partial charge on any atom is 0.301 e. The summed E-state index contributed by atoms with van der Waals surface area (Å²) < 4.78 is 18.5. The van der Waals surface area contributed by atoms with E-state index in [1.54, 1.807) is 42.5 Å². The standard InChI is InChI=1S/C42H35N3O6S2/c1-27-11-9-10-16-32(27)25-50-33-20-17-30(18-21-33)38(46)36-37(31-19-22-34(35(23-31)49-2)51-24-28-12-5-3-6-13-28)45(40(48)39(36)47)41-43-44-42(53-41)52-26-29-14-7-4-8-15-29/h3-23,37,46H,24-26H2,1-2H3/b38-36+. The number of methoxy groups -OCH3 is 1. The fourth-order valence-electron chi connectivity index (χ4n) is 5.93. The second kappa shape index (κ2) is 16.2. The number of aliphatic hydroxyl groups excluding tert-OH is 1. The highest BCUT2D eigenvalue weighted by Gasteiger charge is 2.48. The van der Waals surface area contributed by atoms with Crippen molar-refractivity contribution in [2.45, 2.75) is 36.3 Å². The van der Waals surface area contributed by atoms with Crippen molar-refractivity contribution in [2.24, 2.45) is 0 Å².